The van der Waals surface area contributed by atoms with E-state index < -0.39 is 0 Å². The summed E-state index contributed by atoms with van der Waals surface area (Å²) in [6.45, 7) is 10.0. The van der Waals surface area contributed by atoms with Crippen molar-refractivity contribution in [3.63, 3.8) is 0 Å². The number of hydrogen-bond acceptors (Lipinski definition) is 2. The summed E-state index contributed by atoms with van der Waals surface area (Å²) in [5, 5.41) is 3.42. The van der Waals surface area contributed by atoms with Crippen LogP contribution in [0.2, 0.25) is 0 Å². The average Bonchev–Trinajstić information content (AvgIpc) is 1.78. The highest BCUT2D eigenvalue weighted by Gasteiger charge is 2.07. The maximum atomic E-state index is 3.42. The smallest absolute Gasteiger partial charge is 0.0101 e. The zero-order valence-electron chi connectivity index (χ0n) is 8.57. The molecule has 0 aliphatic rings. The third-order valence-electron chi connectivity index (χ3n) is 1.39. The van der Waals surface area contributed by atoms with Crippen molar-refractivity contribution >= 4 is 0 Å². The van der Waals surface area contributed by atoms with E-state index in [0.29, 0.717) is 5.41 Å². The van der Waals surface area contributed by atoms with Crippen molar-refractivity contribution in [1.82, 2.24) is 10.2 Å². The molecule has 0 aromatic rings. The zero-order chi connectivity index (χ0) is 8.91. The lowest BCUT2D eigenvalue weighted by Gasteiger charge is -2.19. The highest BCUT2D eigenvalue weighted by Crippen LogP contribution is 2.09. The molecule has 2 heteroatoms. The van der Waals surface area contributed by atoms with Crippen LogP contribution in [-0.2, 0) is 0 Å². The van der Waals surface area contributed by atoms with Crippen LogP contribution in [0.15, 0.2) is 0 Å². The van der Waals surface area contributed by atoms with Gasteiger partial charge in [0.2, 0.25) is 0 Å². The van der Waals surface area contributed by atoms with Gasteiger partial charge in [-0.2, -0.15) is 0 Å². The van der Waals surface area contributed by atoms with Crippen LogP contribution < -0.4 is 5.32 Å². The molecule has 0 fully saturated rings. The molecule has 0 atom stereocenters. The summed E-state index contributed by atoms with van der Waals surface area (Å²) in [5.74, 6) is 0. The molecule has 11 heavy (non-hydrogen) atoms. The number of rotatable bonds is 4. The summed E-state index contributed by atoms with van der Waals surface area (Å²) < 4.78 is 0. The molecular weight excluding hydrogens is 136 g/mol. The standard InChI is InChI=1S/C9H22N2/c1-9(2,3)8-10-6-7-11(4)5/h10H,6-8H2,1-5H3. The second-order valence-corrected chi connectivity index (χ2v) is 4.54. The van der Waals surface area contributed by atoms with Crippen molar-refractivity contribution in [2.75, 3.05) is 33.7 Å². The Morgan fingerprint density at radius 1 is 1.18 bits per heavy atom. The first-order chi connectivity index (χ1) is 4.92. The molecular formula is C9H22N2. The molecule has 0 aromatic carbocycles. The molecule has 0 aliphatic heterocycles. The molecule has 0 amide bonds. The van der Waals surface area contributed by atoms with Crippen molar-refractivity contribution in [2.24, 2.45) is 5.41 Å². The van der Waals surface area contributed by atoms with E-state index in [0.717, 1.165) is 19.6 Å². The minimum absolute atomic E-state index is 0.409. The quantitative estimate of drug-likeness (QED) is 0.618. The molecule has 68 valence electrons. The van der Waals surface area contributed by atoms with E-state index in [1.54, 1.807) is 0 Å². The number of nitrogens with zero attached hydrogens (tertiary/aromatic N) is 1. The molecule has 0 heterocycles. The Labute approximate surface area is 71.0 Å². The minimum Gasteiger partial charge on any atom is -0.315 e. The molecule has 1 N–H and O–H groups in total. The van der Waals surface area contributed by atoms with Crippen molar-refractivity contribution < 1.29 is 0 Å². The predicted molar refractivity (Wildman–Crippen MR) is 50.9 cm³/mol. The van der Waals surface area contributed by atoms with Crippen molar-refractivity contribution in [3.8, 4) is 0 Å². The number of hydrogen-bond donors (Lipinski definition) is 1. The Morgan fingerprint density at radius 3 is 2.09 bits per heavy atom. The van der Waals surface area contributed by atoms with Gasteiger partial charge in [-0.25, -0.2) is 0 Å². The van der Waals surface area contributed by atoms with Gasteiger partial charge < -0.3 is 10.2 Å². The Bertz CT molecular complexity index is 92.2. The molecule has 0 saturated heterocycles. The van der Waals surface area contributed by atoms with Crippen LogP contribution >= 0.6 is 0 Å². The van der Waals surface area contributed by atoms with Gasteiger partial charge in [-0.15, -0.1) is 0 Å². The van der Waals surface area contributed by atoms with Crippen LogP contribution in [-0.4, -0.2) is 38.6 Å². The van der Waals surface area contributed by atoms with Crippen molar-refractivity contribution in [2.45, 2.75) is 20.8 Å². The zero-order valence-corrected chi connectivity index (χ0v) is 8.57. The lowest BCUT2D eigenvalue weighted by atomic mass is 9.97. The van der Waals surface area contributed by atoms with E-state index in [9.17, 15) is 0 Å². The Kier molecular flexibility index (Phi) is 4.69. The van der Waals surface area contributed by atoms with Gasteiger partial charge in [-0.3, -0.25) is 0 Å². The Balaban J connectivity index is 3.15. The van der Waals surface area contributed by atoms with E-state index >= 15 is 0 Å². The van der Waals surface area contributed by atoms with E-state index in [1.165, 1.54) is 0 Å². The molecule has 0 rings (SSSR count). The molecule has 0 aromatic heterocycles. The molecule has 0 radical (unpaired) electrons. The van der Waals surface area contributed by atoms with E-state index in [-0.39, 0.29) is 0 Å². The summed E-state index contributed by atoms with van der Waals surface area (Å²) in [4.78, 5) is 2.19. The summed E-state index contributed by atoms with van der Waals surface area (Å²) in [5.41, 5.74) is 0.409. The monoisotopic (exact) mass is 158 g/mol. The fourth-order valence-electron chi connectivity index (χ4n) is 0.766. The lowest BCUT2D eigenvalue weighted by molar-refractivity contribution is 0.350. The first kappa shape index (κ1) is 10.9. The summed E-state index contributed by atoms with van der Waals surface area (Å²) >= 11 is 0. The molecule has 0 spiro atoms. The summed E-state index contributed by atoms with van der Waals surface area (Å²) in [6, 6.07) is 0. The molecule has 0 aliphatic carbocycles. The first-order valence-corrected chi connectivity index (χ1v) is 4.27. The topological polar surface area (TPSA) is 15.3 Å². The van der Waals surface area contributed by atoms with Crippen LogP contribution in [0.5, 0.6) is 0 Å². The van der Waals surface area contributed by atoms with Gasteiger partial charge >= 0.3 is 0 Å². The second-order valence-electron chi connectivity index (χ2n) is 4.54. The molecule has 0 saturated carbocycles. The lowest BCUT2D eigenvalue weighted by Crippen LogP contribution is -2.32. The molecule has 0 bridgehead atoms. The Hall–Kier alpha value is -0.0800. The predicted octanol–water partition coefficient (Wildman–Crippen LogP) is 1.18. The maximum Gasteiger partial charge on any atom is 0.0101 e. The van der Waals surface area contributed by atoms with E-state index in [2.05, 4.69) is 45.1 Å². The average molecular weight is 158 g/mol. The van der Waals surface area contributed by atoms with Crippen LogP contribution in [0.3, 0.4) is 0 Å². The summed E-state index contributed by atoms with van der Waals surface area (Å²) in [6.07, 6.45) is 0. The van der Waals surface area contributed by atoms with Crippen molar-refractivity contribution in [1.29, 1.82) is 0 Å². The van der Waals surface area contributed by atoms with Gasteiger partial charge in [0.05, 0.1) is 0 Å². The fraction of sp³-hybridized carbons (Fsp3) is 1.00. The fourth-order valence-corrected chi connectivity index (χ4v) is 0.766. The first-order valence-electron chi connectivity index (χ1n) is 4.27. The normalized spacial score (nSPS) is 12.5. The summed E-state index contributed by atoms with van der Waals surface area (Å²) in [7, 11) is 4.19. The number of nitrogens with one attached hydrogen (secondary N) is 1. The van der Waals surface area contributed by atoms with Gasteiger partial charge in [-0.05, 0) is 19.5 Å². The third-order valence-corrected chi connectivity index (χ3v) is 1.39. The molecule has 2 nitrogen and oxygen atoms in total. The van der Waals surface area contributed by atoms with Crippen LogP contribution in [0.4, 0.5) is 0 Å². The molecule has 0 unspecified atom stereocenters. The Morgan fingerprint density at radius 2 is 1.73 bits per heavy atom. The van der Waals surface area contributed by atoms with Gasteiger partial charge in [-0.1, -0.05) is 20.8 Å². The van der Waals surface area contributed by atoms with Gasteiger partial charge in [0.1, 0.15) is 0 Å². The van der Waals surface area contributed by atoms with Crippen LogP contribution in [0, 0.1) is 5.41 Å². The van der Waals surface area contributed by atoms with Gasteiger partial charge in [0.15, 0.2) is 0 Å². The van der Waals surface area contributed by atoms with Gasteiger partial charge in [0.25, 0.3) is 0 Å². The van der Waals surface area contributed by atoms with E-state index in [4.69, 9.17) is 0 Å². The van der Waals surface area contributed by atoms with Crippen LogP contribution in [0.1, 0.15) is 20.8 Å². The SMILES string of the molecule is CN(C)CCNCC(C)(C)C. The third kappa shape index (κ3) is 9.92. The maximum absolute atomic E-state index is 3.42. The minimum atomic E-state index is 0.409. The number of likely N-dealkylation sites (N-methyl/N-ethyl adjacent to an activating group) is 1. The largest absolute Gasteiger partial charge is 0.315 e. The van der Waals surface area contributed by atoms with Crippen LogP contribution in [0.25, 0.3) is 0 Å². The highest BCUT2D eigenvalue weighted by atomic mass is 15.1. The van der Waals surface area contributed by atoms with Crippen molar-refractivity contribution in [3.05, 3.63) is 0 Å². The highest BCUT2D eigenvalue weighted by molar-refractivity contribution is 4.64. The van der Waals surface area contributed by atoms with Gasteiger partial charge in [0, 0.05) is 19.6 Å². The second kappa shape index (κ2) is 4.73. The van der Waals surface area contributed by atoms with E-state index in [1.807, 2.05) is 0 Å².